The molecule has 1 nitrogen and oxygen atoms in total. The number of halogens is 2. The highest BCUT2D eigenvalue weighted by Crippen LogP contribution is 2.07. The second-order valence-electron chi connectivity index (χ2n) is 1.02. The summed E-state index contributed by atoms with van der Waals surface area (Å²) in [5.74, 6) is 0. The van der Waals surface area contributed by atoms with Crippen LogP contribution in [-0.2, 0) is 0 Å². The van der Waals surface area contributed by atoms with Gasteiger partial charge in [0.2, 0.25) is 0 Å². The number of nitrogens with two attached hydrogens (primary N) is 1. The fraction of sp³-hybridized carbons (Fsp3) is 0. The Balaban J connectivity index is 0. The molecule has 1 rings (SSSR count). The highest BCUT2D eigenvalue weighted by atomic mass is 35.5. The van der Waals surface area contributed by atoms with E-state index >= 15 is 0 Å². The second kappa shape index (κ2) is 5.22. The molecule has 0 fully saturated rings. The van der Waals surface area contributed by atoms with Gasteiger partial charge in [-0.3, -0.25) is 0 Å². The van der Waals surface area contributed by atoms with Crippen molar-refractivity contribution in [1.29, 1.82) is 0 Å². The van der Waals surface area contributed by atoms with Crippen molar-refractivity contribution in [3.63, 3.8) is 0 Å². The Morgan fingerprint density at radius 3 is 2.12 bits per heavy atom. The van der Waals surface area contributed by atoms with Crippen molar-refractivity contribution in [1.82, 2.24) is 0 Å². The maximum Gasteiger partial charge on any atom is 0.0856 e. The molecule has 0 unspecified atom stereocenters. The summed E-state index contributed by atoms with van der Waals surface area (Å²) in [5.41, 5.74) is 5.30. The first kappa shape index (κ1) is 11.0. The molecule has 0 spiro atoms. The Bertz CT molecular complexity index is 118. The van der Waals surface area contributed by atoms with Gasteiger partial charge in [-0.15, -0.1) is 36.2 Å². The fourth-order valence-corrected chi connectivity index (χ4v) is 0.763. The zero-order chi connectivity index (χ0) is 4.41. The summed E-state index contributed by atoms with van der Waals surface area (Å²) in [7, 11) is 0. The first-order chi connectivity index (χ1) is 2.89. The number of hydrogen-bond acceptors (Lipinski definition) is 2. The maximum atomic E-state index is 5.30. The fourth-order valence-electron chi connectivity index (χ4n) is 0.291. The quantitative estimate of drug-likeness (QED) is 0.637. The maximum absolute atomic E-state index is 5.30. The van der Waals surface area contributed by atoms with E-state index in [0.29, 0.717) is 0 Å². The van der Waals surface area contributed by atoms with Crippen LogP contribution in [0.4, 0.5) is 5.00 Å². The second-order valence-corrected chi connectivity index (χ2v) is 1.99. The summed E-state index contributed by atoms with van der Waals surface area (Å²) in [6.07, 6.45) is 0. The predicted molar refractivity (Wildman–Crippen MR) is 43.2 cm³/mol. The summed E-state index contributed by atoms with van der Waals surface area (Å²) in [4.78, 5) is 0. The smallest absolute Gasteiger partial charge is 0.0856 e. The van der Waals surface area contributed by atoms with Crippen LogP contribution < -0.4 is 5.73 Å². The van der Waals surface area contributed by atoms with Crippen LogP contribution in [0.25, 0.3) is 0 Å². The van der Waals surface area contributed by atoms with Crippen molar-refractivity contribution in [2.45, 2.75) is 0 Å². The van der Waals surface area contributed by atoms with E-state index < -0.39 is 0 Å². The SMILES string of the molecule is Cl.Cl.Nc1cccs1. The zero-order valence-corrected chi connectivity index (χ0v) is 6.48. The molecule has 1 heterocycles. The lowest BCUT2D eigenvalue weighted by Crippen LogP contribution is -1.72. The van der Waals surface area contributed by atoms with E-state index in [2.05, 4.69) is 0 Å². The van der Waals surface area contributed by atoms with Gasteiger partial charge in [-0.25, -0.2) is 0 Å². The van der Waals surface area contributed by atoms with Crippen molar-refractivity contribution in [3.05, 3.63) is 17.5 Å². The number of anilines is 1. The molecule has 0 aliphatic rings. The molecule has 2 N–H and O–H groups in total. The Hall–Kier alpha value is 0.0800. The molecule has 8 heavy (non-hydrogen) atoms. The Labute approximate surface area is 64.7 Å². The van der Waals surface area contributed by atoms with Gasteiger partial charge in [-0.2, -0.15) is 0 Å². The standard InChI is InChI=1S/C4H5NS.2ClH/c5-4-2-1-3-6-4;;/h1-3H,5H2;2*1H. The molecule has 0 saturated heterocycles. The predicted octanol–water partition coefficient (Wildman–Crippen LogP) is 2.17. The zero-order valence-electron chi connectivity index (χ0n) is 4.03. The summed E-state index contributed by atoms with van der Waals surface area (Å²) in [5, 5.41) is 2.84. The third-order valence-corrected chi connectivity index (χ3v) is 1.24. The van der Waals surface area contributed by atoms with Crippen LogP contribution in [0.2, 0.25) is 0 Å². The Kier molecular flexibility index (Phi) is 7.15. The molecule has 0 radical (unpaired) electrons. The lowest BCUT2D eigenvalue weighted by atomic mass is 10.6. The van der Waals surface area contributed by atoms with Gasteiger partial charge in [0.15, 0.2) is 0 Å². The van der Waals surface area contributed by atoms with Gasteiger partial charge in [0.25, 0.3) is 0 Å². The first-order valence-corrected chi connectivity index (χ1v) is 2.56. The van der Waals surface area contributed by atoms with Crippen LogP contribution in [0.3, 0.4) is 0 Å². The molecule has 0 atom stereocenters. The van der Waals surface area contributed by atoms with Gasteiger partial charge in [0, 0.05) is 0 Å². The van der Waals surface area contributed by atoms with Crippen molar-refractivity contribution in [2.75, 3.05) is 5.73 Å². The van der Waals surface area contributed by atoms with E-state index in [1.54, 1.807) is 11.3 Å². The summed E-state index contributed by atoms with van der Waals surface area (Å²) in [6, 6.07) is 3.81. The monoisotopic (exact) mass is 171 g/mol. The minimum atomic E-state index is 0. The molecule has 48 valence electrons. The average molecular weight is 172 g/mol. The molecule has 0 bridgehead atoms. The van der Waals surface area contributed by atoms with E-state index in [0.717, 1.165) is 5.00 Å². The van der Waals surface area contributed by atoms with Gasteiger partial charge >= 0.3 is 0 Å². The molecule has 0 aliphatic heterocycles. The van der Waals surface area contributed by atoms with Crippen LogP contribution >= 0.6 is 36.2 Å². The molecule has 0 saturated carbocycles. The summed E-state index contributed by atoms with van der Waals surface area (Å²) in [6.45, 7) is 0. The van der Waals surface area contributed by atoms with E-state index in [1.165, 1.54) is 0 Å². The Morgan fingerprint density at radius 2 is 2.00 bits per heavy atom. The van der Waals surface area contributed by atoms with Crippen molar-refractivity contribution >= 4 is 41.2 Å². The number of rotatable bonds is 0. The summed E-state index contributed by atoms with van der Waals surface area (Å²) >= 11 is 1.56. The van der Waals surface area contributed by atoms with E-state index in [9.17, 15) is 0 Å². The van der Waals surface area contributed by atoms with Gasteiger partial charge in [-0.05, 0) is 17.5 Å². The molecular weight excluding hydrogens is 165 g/mol. The minimum Gasteiger partial charge on any atom is -0.391 e. The van der Waals surface area contributed by atoms with Gasteiger partial charge < -0.3 is 5.73 Å². The molecule has 1 aromatic rings. The summed E-state index contributed by atoms with van der Waals surface area (Å²) < 4.78 is 0. The highest BCUT2D eigenvalue weighted by molar-refractivity contribution is 7.13. The van der Waals surface area contributed by atoms with Crippen LogP contribution in [-0.4, -0.2) is 0 Å². The number of thiophene rings is 1. The largest absolute Gasteiger partial charge is 0.391 e. The van der Waals surface area contributed by atoms with Crippen LogP contribution in [0.15, 0.2) is 17.5 Å². The molecular formula is C4H7Cl2NS. The van der Waals surface area contributed by atoms with Crippen molar-refractivity contribution in [3.8, 4) is 0 Å². The normalized spacial score (nSPS) is 6.50. The molecule has 0 aliphatic carbocycles. The van der Waals surface area contributed by atoms with Crippen molar-refractivity contribution < 1.29 is 0 Å². The van der Waals surface area contributed by atoms with Gasteiger partial charge in [0.1, 0.15) is 0 Å². The number of hydrogen-bond donors (Lipinski definition) is 1. The first-order valence-electron chi connectivity index (χ1n) is 1.68. The molecule has 1 aromatic heterocycles. The molecule has 4 heteroatoms. The van der Waals surface area contributed by atoms with E-state index in [-0.39, 0.29) is 24.8 Å². The molecule has 0 amide bonds. The van der Waals surface area contributed by atoms with E-state index in [4.69, 9.17) is 5.73 Å². The topological polar surface area (TPSA) is 26.0 Å². The lowest BCUT2D eigenvalue weighted by Gasteiger charge is -1.68. The average Bonchev–Trinajstić information content (AvgIpc) is 1.86. The lowest BCUT2D eigenvalue weighted by molar-refractivity contribution is 1.94. The van der Waals surface area contributed by atoms with Gasteiger partial charge in [-0.1, -0.05) is 0 Å². The highest BCUT2D eigenvalue weighted by Gasteiger charge is 1.75. The van der Waals surface area contributed by atoms with E-state index in [1.807, 2.05) is 17.5 Å². The Morgan fingerprint density at radius 1 is 1.38 bits per heavy atom. The van der Waals surface area contributed by atoms with Crippen LogP contribution in [0, 0.1) is 0 Å². The molecule has 0 aromatic carbocycles. The number of nitrogen functional groups attached to an aromatic ring is 1. The van der Waals surface area contributed by atoms with Crippen molar-refractivity contribution in [2.24, 2.45) is 0 Å². The third-order valence-electron chi connectivity index (χ3n) is 0.543. The van der Waals surface area contributed by atoms with Crippen LogP contribution in [0.5, 0.6) is 0 Å². The van der Waals surface area contributed by atoms with Crippen LogP contribution in [0.1, 0.15) is 0 Å². The minimum absolute atomic E-state index is 0. The third kappa shape index (κ3) is 3.13. The van der Waals surface area contributed by atoms with Gasteiger partial charge in [0.05, 0.1) is 5.00 Å².